The van der Waals surface area contributed by atoms with E-state index in [1.165, 1.54) is 0 Å². The van der Waals surface area contributed by atoms with E-state index in [0.717, 1.165) is 22.3 Å². The molecular formula is C30H18N2O2. The van der Waals surface area contributed by atoms with Gasteiger partial charge in [-0.1, -0.05) is 48.5 Å². The first-order valence-corrected chi connectivity index (χ1v) is 10.8. The quantitative estimate of drug-likeness (QED) is 0.331. The molecule has 4 nitrogen and oxygen atoms in total. The predicted octanol–water partition coefficient (Wildman–Crippen LogP) is 6.16. The first-order valence-electron chi connectivity index (χ1n) is 10.8. The second kappa shape index (κ2) is 7.96. The lowest BCUT2D eigenvalue weighted by molar-refractivity contribution is 0.0979. The standard InChI is InChI=1S/C30H18N2O2/c1-17-3-4-18(2)26-25(17)29(33)27-23(21-9-5-19(15-31)6-10-21)13-14-24(28(27)30(26)34)22-11-7-20(16-32)8-12-22/h3-14H,1-2H3. The number of nitrogens with zero attached hydrogens (tertiary/aromatic N) is 2. The van der Waals surface area contributed by atoms with Gasteiger partial charge >= 0.3 is 0 Å². The number of aryl methyl sites for hydroxylation is 2. The molecule has 0 bridgehead atoms. The molecule has 4 heteroatoms. The molecule has 1 aliphatic carbocycles. The topological polar surface area (TPSA) is 81.7 Å². The molecule has 0 unspecified atom stereocenters. The fraction of sp³-hybridized carbons (Fsp3) is 0.0667. The lowest BCUT2D eigenvalue weighted by atomic mass is 9.75. The van der Waals surface area contributed by atoms with E-state index in [4.69, 9.17) is 10.5 Å². The van der Waals surface area contributed by atoms with Crippen LogP contribution in [0.25, 0.3) is 22.3 Å². The fourth-order valence-electron chi connectivity index (χ4n) is 4.65. The van der Waals surface area contributed by atoms with Crippen molar-refractivity contribution in [3.63, 3.8) is 0 Å². The van der Waals surface area contributed by atoms with Crippen molar-refractivity contribution in [2.24, 2.45) is 0 Å². The van der Waals surface area contributed by atoms with E-state index in [0.29, 0.717) is 44.5 Å². The van der Waals surface area contributed by atoms with Crippen LogP contribution in [0, 0.1) is 36.5 Å². The maximum Gasteiger partial charge on any atom is 0.195 e. The Balaban J connectivity index is 1.84. The van der Waals surface area contributed by atoms with Crippen molar-refractivity contribution in [1.82, 2.24) is 0 Å². The SMILES string of the molecule is Cc1ccc(C)c2c1C(=O)c1c(-c3ccc(C#N)cc3)ccc(-c3ccc(C#N)cc3)c1C2=O. The van der Waals surface area contributed by atoms with Gasteiger partial charge in [0.15, 0.2) is 11.6 Å². The molecule has 0 heterocycles. The molecule has 0 radical (unpaired) electrons. The van der Waals surface area contributed by atoms with E-state index in [-0.39, 0.29) is 11.6 Å². The van der Waals surface area contributed by atoms with Crippen molar-refractivity contribution in [3.8, 4) is 34.4 Å². The van der Waals surface area contributed by atoms with Crippen molar-refractivity contribution in [1.29, 1.82) is 10.5 Å². The number of benzene rings is 4. The van der Waals surface area contributed by atoms with Gasteiger partial charge in [0, 0.05) is 22.3 Å². The van der Waals surface area contributed by atoms with Crippen molar-refractivity contribution < 1.29 is 9.59 Å². The molecule has 160 valence electrons. The molecule has 5 rings (SSSR count). The van der Waals surface area contributed by atoms with Crippen LogP contribution in [0.3, 0.4) is 0 Å². The average Bonchev–Trinajstić information content (AvgIpc) is 2.88. The Morgan fingerprint density at radius 3 is 1.18 bits per heavy atom. The Kier molecular flexibility index (Phi) is 4.93. The Labute approximate surface area is 197 Å². The third-order valence-corrected chi connectivity index (χ3v) is 6.39. The smallest absolute Gasteiger partial charge is 0.195 e. The molecule has 0 fully saturated rings. The summed E-state index contributed by atoms with van der Waals surface area (Å²) >= 11 is 0. The highest BCUT2D eigenvalue weighted by atomic mass is 16.1. The lowest BCUT2D eigenvalue weighted by Crippen LogP contribution is -2.25. The molecular weight excluding hydrogens is 420 g/mol. The summed E-state index contributed by atoms with van der Waals surface area (Å²) in [4.78, 5) is 28.0. The van der Waals surface area contributed by atoms with Gasteiger partial charge in [0.1, 0.15) is 0 Å². The van der Waals surface area contributed by atoms with Gasteiger partial charge in [-0.05, 0) is 71.5 Å². The number of ketones is 2. The maximum atomic E-state index is 14.0. The summed E-state index contributed by atoms with van der Waals surface area (Å²) in [7, 11) is 0. The number of rotatable bonds is 2. The van der Waals surface area contributed by atoms with Crippen LogP contribution in [0.15, 0.2) is 72.8 Å². The minimum Gasteiger partial charge on any atom is -0.289 e. The van der Waals surface area contributed by atoms with Gasteiger partial charge in [0.25, 0.3) is 0 Å². The number of carbonyl (C=O) groups is 2. The highest BCUT2D eigenvalue weighted by Crippen LogP contribution is 2.41. The van der Waals surface area contributed by atoms with Crippen molar-refractivity contribution in [2.75, 3.05) is 0 Å². The molecule has 0 atom stereocenters. The molecule has 1 aliphatic rings. The number of nitriles is 2. The Morgan fingerprint density at radius 2 is 0.853 bits per heavy atom. The summed E-state index contributed by atoms with van der Waals surface area (Å²) in [5.41, 5.74) is 7.04. The monoisotopic (exact) mass is 438 g/mol. The summed E-state index contributed by atoms with van der Waals surface area (Å²) in [5.74, 6) is -0.360. The van der Waals surface area contributed by atoms with E-state index in [2.05, 4.69) is 12.1 Å². The second-order valence-corrected chi connectivity index (χ2v) is 8.40. The molecule has 0 saturated heterocycles. The van der Waals surface area contributed by atoms with Crippen LogP contribution in [0.1, 0.15) is 54.1 Å². The molecule has 4 aromatic carbocycles. The van der Waals surface area contributed by atoms with Crippen LogP contribution < -0.4 is 0 Å². The largest absolute Gasteiger partial charge is 0.289 e. The highest BCUT2D eigenvalue weighted by Gasteiger charge is 2.36. The van der Waals surface area contributed by atoms with Gasteiger partial charge in [0.05, 0.1) is 23.3 Å². The molecule has 0 aromatic heterocycles. The van der Waals surface area contributed by atoms with E-state index >= 15 is 0 Å². The van der Waals surface area contributed by atoms with Gasteiger partial charge in [0.2, 0.25) is 0 Å². The van der Waals surface area contributed by atoms with Crippen molar-refractivity contribution in [3.05, 3.63) is 117 Å². The minimum absolute atomic E-state index is 0.180. The van der Waals surface area contributed by atoms with Crippen LogP contribution in [0.5, 0.6) is 0 Å². The Bertz CT molecular complexity index is 1480. The maximum absolute atomic E-state index is 14.0. The highest BCUT2D eigenvalue weighted by molar-refractivity contribution is 6.33. The van der Waals surface area contributed by atoms with Gasteiger partial charge in [-0.3, -0.25) is 9.59 Å². The van der Waals surface area contributed by atoms with Crippen LogP contribution in [0.2, 0.25) is 0 Å². The lowest BCUT2D eigenvalue weighted by Gasteiger charge is -2.25. The average molecular weight is 438 g/mol. The third-order valence-electron chi connectivity index (χ3n) is 6.39. The molecule has 0 saturated carbocycles. The summed E-state index contributed by atoms with van der Waals surface area (Å²) in [5, 5.41) is 18.3. The van der Waals surface area contributed by atoms with Gasteiger partial charge in [-0.15, -0.1) is 0 Å². The Morgan fingerprint density at radius 1 is 0.500 bits per heavy atom. The van der Waals surface area contributed by atoms with Crippen molar-refractivity contribution >= 4 is 11.6 Å². The number of hydrogen-bond acceptors (Lipinski definition) is 4. The summed E-state index contributed by atoms with van der Waals surface area (Å²) in [6.07, 6.45) is 0. The Hall–Kier alpha value is -4.80. The zero-order valence-corrected chi connectivity index (χ0v) is 18.6. The van der Waals surface area contributed by atoms with Crippen LogP contribution in [0.4, 0.5) is 0 Å². The number of fused-ring (bicyclic) bond motifs is 2. The summed E-state index contributed by atoms with van der Waals surface area (Å²) in [6.45, 7) is 3.70. The fourth-order valence-corrected chi connectivity index (χ4v) is 4.65. The number of hydrogen-bond donors (Lipinski definition) is 0. The zero-order valence-electron chi connectivity index (χ0n) is 18.6. The van der Waals surface area contributed by atoms with E-state index in [1.54, 1.807) is 48.5 Å². The van der Waals surface area contributed by atoms with Crippen LogP contribution >= 0.6 is 0 Å². The summed E-state index contributed by atoms with van der Waals surface area (Å²) < 4.78 is 0. The minimum atomic E-state index is -0.180. The van der Waals surface area contributed by atoms with Gasteiger partial charge in [-0.2, -0.15) is 10.5 Å². The molecule has 0 amide bonds. The van der Waals surface area contributed by atoms with Crippen LogP contribution in [-0.2, 0) is 0 Å². The molecule has 0 aliphatic heterocycles. The van der Waals surface area contributed by atoms with E-state index < -0.39 is 0 Å². The summed E-state index contributed by atoms with van der Waals surface area (Å²) in [6, 6.07) is 25.7. The normalized spacial score (nSPS) is 11.9. The predicted molar refractivity (Wildman–Crippen MR) is 130 cm³/mol. The molecule has 0 N–H and O–H groups in total. The van der Waals surface area contributed by atoms with Gasteiger partial charge in [-0.25, -0.2) is 0 Å². The van der Waals surface area contributed by atoms with Crippen molar-refractivity contribution in [2.45, 2.75) is 13.8 Å². The third kappa shape index (κ3) is 3.13. The van der Waals surface area contributed by atoms with Gasteiger partial charge < -0.3 is 0 Å². The first-order chi connectivity index (χ1) is 16.4. The first kappa shape index (κ1) is 21.1. The molecule has 0 spiro atoms. The number of carbonyl (C=O) groups excluding carboxylic acids is 2. The molecule has 4 aromatic rings. The molecule has 34 heavy (non-hydrogen) atoms. The zero-order chi connectivity index (χ0) is 24.0. The second-order valence-electron chi connectivity index (χ2n) is 8.40. The van der Waals surface area contributed by atoms with Crippen LogP contribution in [-0.4, -0.2) is 11.6 Å². The van der Waals surface area contributed by atoms with E-state index in [1.807, 2.05) is 38.1 Å². The van der Waals surface area contributed by atoms with E-state index in [9.17, 15) is 9.59 Å².